The van der Waals surface area contributed by atoms with Crippen LogP contribution in [0.3, 0.4) is 0 Å². The van der Waals surface area contributed by atoms with Gasteiger partial charge in [0.05, 0.1) is 25.5 Å². The number of rotatable bonds is 5. The molecule has 0 atom stereocenters. The lowest BCUT2D eigenvalue weighted by molar-refractivity contribution is -0.135. The van der Waals surface area contributed by atoms with Gasteiger partial charge >= 0.3 is 5.97 Å². The molecule has 22 heavy (non-hydrogen) atoms. The molecule has 2 rings (SSSR count). The van der Waals surface area contributed by atoms with Crippen molar-refractivity contribution in [3.63, 3.8) is 0 Å². The van der Waals surface area contributed by atoms with Gasteiger partial charge in [0.15, 0.2) is 0 Å². The quantitative estimate of drug-likeness (QED) is 0.896. The number of nitriles is 1. The lowest BCUT2D eigenvalue weighted by Gasteiger charge is -2.21. The van der Waals surface area contributed by atoms with E-state index in [2.05, 4.69) is 4.98 Å². The fourth-order valence-corrected chi connectivity index (χ4v) is 2.28. The number of methoxy groups -OCH3 is 2. The highest BCUT2D eigenvalue weighted by molar-refractivity contribution is 5.99. The topological polar surface area (TPSA) is 95.7 Å². The Labute approximate surface area is 127 Å². The lowest BCUT2D eigenvalue weighted by Crippen LogP contribution is -2.26. The van der Waals surface area contributed by atoms with Gasteiger partial charge in [0.25, 0.3) is 0 Å². The van der Waals surface area contributed by atoms with Crippen LogP contribution in [0.2, 0.25) is 0 Å². The summed E-state index contributed by atoms with van der Waals surface area (Å²) in [5, 5.41) is 18.9. The minimum atomic E-state index is -0.994. The summed E-state index contributed by atoms with van der Waals surface area (Å²) < 4.78 is 10.5. The monoisotopic (exact) mass is 301 g/mol. The van der Waals surface area contributed by atoms with Crippen molar-refractivity contribution in [3.05, 3.63) is 23.9 Å². The molecular formula is C15H15N3O4. The molecule has 0 bridgehead atoms. The van der Waals surface area contributed by atoms with Crippen LogP contribution in [0.4, 0.5) is 5.69 Å². The van der Waals surface area contributed by atoms with Crippen LogP contribution >= 0.6 is 0 Å². The van der Waals surface area contributed by atoms with E-state index in [4.69, 9.17) is 14.6 Å². The molecule has 0 aliphatic heterocycles. The van der Waals surface area contributed by atoms with Crippen LogP contribution in [0.1, 0.15) is 5.56 Å². The molecule has 2 aromatic rings. The number of fused-ring (bicyclic) bond motifs is 1. The molecule has 7 heteroatoms. The third-order valence-electron chi connectivity index (χ3n) is 3.21. The van der Waals surface area contributed by atoms with Crippen molar-refractivity contribution in [3.8, 4) is 17.6 Å². The van der Waals surface area contributed by atoms with Crippen LogP contribution in [0, 0.1) is 11.3 Å². The zero-order valence-electron chi connectivity index (χ0n) is 12.5. The van der Waals surface area contributed by atoms with Crippen LogP contribution in [0.25, 0.3) is 10.9 Å². The highest BCUT2D eigenvalue weighted by Crippen LogP contribution is 2.36. The first-order valence-electron chi connectivity index (χ1n) is 6.39. The average molecular weight is 301 g/mol. The first kappa shape index (κ1) is 15.4. The zero-order valence-corrected chi connectivity index (χ0v) is 12.5. The normalized spacial score (nSPS) is 10.1. The van der Waals surface area contributed by atoms with Crippen LogP contribution in [-0.4, -0.2) is 43.9 Å². The SMILES string of the molecule is COc1cc(OC)c2ncc(C#N)c(N(C)CC(=O)O)c2c1. The van der Waals surface area contributed by atoms with Crippen molar-refractivity contribution in [1.82, 2.24) is 4.98 Å². The Balaban J connectivity index is 2.80. The maximum absolute atomic E-state index is 11.0. The maximum Gasteiger partial charge on any atom is 0.323 e. The number of carbonyl (C=O) groups is 1. The molecule has 0 saturated carbocycles. The molecule has 0 amide bonds. The molecule has 1 aromatic carbocycles. The van der Waals surface area contributed by atoms with Crippen LogP contribution in [0.5, 0.6) is 11.5 Å². The van der Waals surface area contributed by atoms with Gasteiger partial charge in [-0.2, -0.15) is 5.26 Å². The highest BCUT2D eigenvalue weighted by atomic mass is 16.5. The maximum atomic E-state index is 11.0. The number of carboxylic acid groups (broad SMARTS) is 1. The number of carboxylic acids is 1. The second-order valence-corrected chi connectivity index (χ2v) is 4.61. The van der Waals surface area contributed by atoms with Gasteiger partial charge in [0.2, 0.25) is 0 Å². The largest absolute Gasteiger partial charge is 0.497 e. The summed E-state index contributed by atoms with van der Waals surface area (Å²) in [6.07, 6.45) is 1.41. The molecule has 7 nitrogen and oxygen atoms in total. The van der Waals surface area contributed by atoms with Crippen molar-refractivity contribution in [2.75, 3.05) is 32.7 Å². The predicted octanol–water partition coefficient (Wildman–Crippen LogP) is 1.64. The third-order valence-corrected chi connectivity index (χ3v) is 3.21. The van der Waals surface area contributed by atoms with E-state index in [0.29, 0.717) is 28.1 Å². The molecule has 0 spiro atoms. The number of benzene rings is 1. The van der Waals surface area contributed by atoms with E-state index < -0.39 is 5.97 Å². The highest BCUT2D eigenvalue weighted by Gasteiger charge is 2.18. The van der Waals surface area contributed by atoms with Gasteiger partial charge < -0.3 is 19.5 Å². The van der Waals surface area contributed by atoms with E-state index in [0.717, 1.165) is 0 Å². The van der Waals surface area contributed by atoms with Crippen molar-refractivity contribution in [1.29, 1.82) is 5.26 Å². The van der Waals surface area contributed by atoms with Crippen LogP contribution < -0.4 is 14.4 Å². The average Bonchev–Trinajstić information content (AvgIpc) is 2.51. The minimum absolute atomic E-state index is 0.243. The van der Waals surface area contributed by atoms with Crippen LogP contribution in [0.15, 0.2) is 18.3 Å². The van der Waals surface area contributed by atoms with Gasteiger partial charge in [-0.15, -0.1) is 0 Å². The third kappa shape index (κ3) is 2.72. The second kappa shape index (κ2) is 6.18. The van der Waals surface area contributed by atoms with Gasteiger partial charge in [0, 0.05) is 24.7 Å². The van der Waals surface area contributed by atoms with Crippen molar-refractivity contribution in [2.45, 2.75) is 0 Å². The van der Waals surface area contributed by atoms with Gasteiger partial charge in [0.1, 0.15) is 29.6 Å². The van der Waals surface area contributed by atoms with E-state index in [9.17, 15) is 10.1 Å². The fraction of sp³-hybridized carbons (Fsp3) is 0.267. The van der Waals surface area contributed by atoms with Crippen molar-refractivity contribution < 1.29 is 19.4 Å². The van der Waals surface area contributed by atoms with Gasteiger partial charge in [-0.1, -0.05) is 0 Å². The van der Waals surface area contributed by atoms with Gasteiger partial charge in [-0.25, -0.2) is 0 Å². The number of aromatic nitrogens is 1. The number of likely N-dealkylation sites (N-methyl/N-ethyl adjacent to an activating group) is 1. The Kier molecular flexibility index (Phi) is 4.32. The van der Waals surface area contributed by atoms with Gasteiger partial charge in [-0.05, 0) is 6.07 Å². The smallest absolute Gasteiger partial charge is 0.323 e. The van der Waals surface area contributed by atoms with Crippen molar-refractivity contribution >= 4 is 22.6 Å². The number of pyridine rings is 1. The summed E-state index contributed by atoms with van der Waals surface area (Å²) in [6, 6.07) is 5.43. The van der Waals surface area contributed by atoms with E-state index in [1.165, 1.54) is 25.3 Å². The predicted molar refractivity (Wildman–Crippen MR) is 80.5 cm³/mol. The van der Waals surface area contributed by atoms with Crippen LogP contribution in [-0.2, 0) is 4.79 Å². The number of anilines is 1. The molecule has 0 aliphatic carbocycles. The molecule has 0 unspecified atom stereocenters. The molecule has 0 aliphatic rings. The van der Waals surface area contributed by atoms with E-state index >= 15 is 0 Å². The first-order chi connectivity index (χ1) is 10.5. The minimum Gasteiger partial charge on any atom is -0.497 e. The summed E-state index contributed by atoms with van der Waals surface area (Å²) in [7, 11) is 4.63. The molecule has 1 aromatic heterocycles. The number of hydrogen-bond acceptors (Lipinski definition) is 6. The zero-order chi connectivity index (χ0) is 16.3. The molecule has 114 valence electrons. The van der Waals surface area contributed by atoms with E-state index in [1.54, 1.807) is 19.2 Å². The first-order valence-corrected chi connectivity index (χ1v) is 6.39. The molecule has 1 heterocycles. The van der Waals surface area contributed by atoms with Crippen molar-refractivity contribution in [2.24, 2.45) is 0 Å². The number of nitrogens with zero attached hydrogens (tertiary/aromatic N) is 3. The molecule has 0 radical (unpaired) electrons. The Morgan fingerprint density at radius 1 is 1.41 bits per heavy atom. The number of hydrogen-bond donors (Lipinski definition) is 1. The standard InChI is InChI=1S/C15H15N3O4/c1-18(8-13(19)20)15-9(6-16)7-17-14-11(15)4-10(21-2)5-12(14)22-3/h4-5,7H,8H2,1-3H3,(H,19,20). The lowest BCUT2D eigenvalue weighted by atomic mass is 10.1. The summed E-state index contributed by atoms with van der Waals surface area (Å²) in [6.45, 7) is -0.243. The Bertz CT molecular complexity index is 767. The Morgan fingerprint density at radius 2 is 2.14 bits per heavy atom. The summed E-state index contributed by atoms with van der Waals surface area (Å²) in [4.78, 5) is 16.7. The molecule has 0 saturated heterocycles. The Hall–Kier alpha value is -3.01. The number of aliphatic carboxylic acids is 1. The second-order valence-electron chi connectivity index (χ2n) is 4.61. The van der Waals surface area contributed by atoms with Gasteiger partial charge in [-0.3, -0.25) is 9.78 Å². The number of ether oxygens (including phenoxy) is 2. The summed E-state index contributed by atoms with van der Waals surface area (Å²) in [5.74, 6) is 0.0289. The Morgan fingerprint density at radius 3 is 2.68 bits per heavy atom. The molecule has 0 fully saturated rings. The summed E-state index contributed by atoms with van der Waals surface area (Å²) >= 11 is 0. The van der Waals surface area contributed by atoms with E-state index in [1.807, 2.05) is 6.07 Å². The van der Waals surface area contributed by atoms with E-state index in [-0.39, 0.29) is 12.1 Å². The molecule has 1 N–H and O–H groups in total. The summed E-state index contributed by atoms with van der Waals surface area (Å²) in [5.41, 5.74) is 1.30. The fourth-order valence-electron chi connectivity index (χ4n) is 2.28. The molecular weight excluding hydrogens is 286 g/mol.